The zero-order valence-corrected chi connectivity index (χ0v) is 15.9. The van der Waals surface area contributed by atoms with Crippen molar-refractivity contribution in [2.45, 2.75) is 45.1 Å². The smallest absolute Gasteiger partial charge is 0.230 e. The van der Waals surface area contributed by atoms with Crippen LogP contribution in [0.5, 0.6) is 5.75 Å². The number of carbonyl (C=O) groups is 2. The number of hydrogen-bond acceptors (Lipinski definition) is 3. The molecule has 0 radical (unpaired) electrons. The molecule has 0 aromatic heterocycles. The molecule has 2 amide bonds. The second-order valence-corrected chi connectivity index (χ2v) is 8.28. The Morgan fingerprint density at radius 2 is 2.11 bits per heavy atom. The molecule has 2 aliphatic heterocycles. The Kier molecular flexibility index (Phi) is 4.82. The zero-order valence-electron chi connectivity index (χ0n) is 15.9. The topological polar surface area (TPSA) is 49.9 Å². The number of methoxy groups -OCH3 is 1. The number of rotatable bonds is 5. The van der Waals surface area contributed by atoms with E-state index in [0.717, 1.165) is 32.1 Å². The molecule has 2 saturated heterocycles. The third kappa shape index (κ3) is 3.66. The number of carbonyl (C=O) groups excluding carboxylic acids is 2. The van der Waals surface area contributed by atoms with Crippen molar-refractivity contribution in [3.8, 4) is 5.75 Å². The van der Waals surface area contributed by atoms with Crippen LogP contribution in [-0.2, 0) is 16.1 Å². The summed E-state index contributed by atoms with van der Waals surface area (Å²) in [4.78, 5) is 29.4. The Morgan fingerprint density at radius 3 is 2.85 bits per heavy atom. The quantitative estimate of drug-likeness (QED) is 0.796. The minimum Gasteiger partial charge on any atom is -0.497 e. The standard InChI is InChI=1S/C21H27FN2O3/c1-27-17-5-6-18(22)16(12-17)13-23-9-2-7-21(20(23)26)8-10-24(14-21)19(25)11-15-3-4-15/h5-6,12,15H,2-4,7-11,13-14H2,1H3/t21-/m1/s1. The Bertz CT molecular complexity index is 749. The second-order valence-electron chi connectivity index (χ2n) is 8.28. The average Bonchev–Trinajstić information content (AvgIpc) is 3.37. The molecule has 1 saturated carbocycles. The molecule has 4 rings (SSSR count). The lowest BCUT2D eigenvalue weighted by molar-refractivity contribution is -0.146. The van der Waals surface area contributed by atoms with E-state index in [-0.39, 0.29) is 24.2 Å². The third-order valence-electron chi connectivity index (χ3n) is 6.31. The van der Waals surface area contributed by atoms with Crippen molar-refractivity contribution in [3.63, 3.8) is 0 Å². The van der Waals surface area contributed by atoms with Gasteiger partial charge in [0.2, 0.25) is 11.8 Å². The SMILES string of the molecule is COc1ccc(F)c(CN2CCC[C@]3(CCN(C(=O)CC4CC4)C3)C2=O)c1. The minimum absolute atomic E-state index is 0.0673. The lowest BCUT2D eigenvalue weighted by atomic mass is 9.78. The molecule has 1 aromatic carbocycles. The molecule has 146 valence electrons. The highest BCUT2D eigenvalue weighted by Crippen LogP contribution is 2.42. The van der Waals surface area contributed by atoms with Crippen molar-refractivity contribution in [1.29, 1.82) is 0 Å². The summed E-state index contributed by atoms with van der Waals surface area (Å²) in [6.07, 6.45) is 5.37. The number of benzene rings is 1. The van der Waals surface area contributed by atoms with Gasteiger partial charge < -0.3 is 14.5 Å². The van der Waals surface area contributed by atoms with Crippen LogP contribution in [0.2, 0.25) is 0 Å². The summed E-state index contributed by atoms with van der Waals surface area (Å²) in [5.41, 5.74) is -0.00768. The van der Waals surface area contributed by atoms with Crippen LogP contribution >= 0.6 is 0 Å². The van der Waals surface area contributed by atoms with Crippen molar-refractivity contribution < 1.29 is 18.7 Å². The molecule has 1 atom stereocenters. The highest BCUT2D eigenvalue weighted by Gasteiger charge is 2.49. The Labute approximate surface area is 159 Å². The van der Waals surface area contributed by atoms with Gasteiger partial charge in [-0.25, -0.2) is 4.39 Å². The van der Waals surface area contributed by atoms with Gasteiger partial charge in [0.25, 0.3) is 0 Å². The van der Waals surface area contributed by atoms with E-state index in [0.29, 0.717) is 43.3 Å². The van der Waals surface area contributed by atoms with Crippen molar-refractivity contribution in [3.05, 3.63) is 29.6 Å². The maximum atomic E-state index is 14.2. The van der Waals surface area contributed by atoms with Gasteiger partial charge in [-0.15, -0.1) is 0 Å². The summed E-state index contributed by atoms with van der Waals surface area (Å²) in [5.74, 6) is 1.08. The summed E-state index contributed by atoms with van der Waals surface area (Å²) in [6, 6.07) is 4.62. The number of amides is 2. The second kappa shape index (κ2) is 7.13. The lowest BCUT2D eigenvalue weighted by Crippen LogP contribution is -2.50. The summed E-state index contributed by atoms with van der Waals surface area (Å²) < 4.78 is 19.4. The van der Waals surface area contributed by atoms with Gasteiger partial charge in [-0.1, -0.05) is 0 Å². The van der Waals surface area contributed by atoms with Gasteiger partial charge in [0.15, 0.2) is 0 Å². The monoisotopic (exact) mass is 374 g/mol. The fourth-order valence-electron chi connectivity index (χ4n) is 4.47. The van der Waals surface area contributed by atoms with Crippen molar-refractivity contribution in [2.24, 2.45) is 11.3 Å². The molecule has 2 heterocycles. The van der Waals surface area contributed by atoms with Crippen LogP contribution in [0.15, 0.2) is 18.2 Å². The number of nitrogens with zero attached hydrogens (tertiary/aromatic N) is 2. The van der Waals surface area contributed by atoms with E-state index in [1.807, 2.05) is 4.90 Å². The fourth-order valence-corrected chi connectivity index (χ4v) is 4.47. The highest BCUT2D eigenvalue weighted by molar-refractivity contribution is 5.86. The van der Waals surface area contributed by atoms with Crippen LogP contribution in [-0.4, -0.2) is 48.4 Å². The van der Waals surface area contributed by atoms with Gasteiger partial charge in [0.05, 0.1) is 12.5 Å². The van der Waals surface area contributed by atoms with Crippen LogP contribution in [0.3, 0.4) is 0 Å². The van der Waals surface area contributed by atoms with E-state index in [2.05, 4.69) is 0 Å². The predicted octanol–water partition coefficient (Wildman–Crippen LogP) is 2.98. The molecule has 0 unspecified atom stereocenters. The molecule has 6 heteroatoms. The fraction of sp³-hybridized carbons (Fsp3) is 0.619. The normalized spacial score (nSPS) is 25.3. The predicted molar refractivity (Wildman–Crippen MR) is 98.6 cm³/mol. The van der Waals surface area contributed by atoms with Crippen LogP contribution in [0.25, 0.3) is 0 Å². The van der Waals surface area contributed by atoms with E-state index in [1.54, 1.807) is 24.1 Å². The summed E-state index contributed by atoms with van der Waals surface area (Å²) in [7, 11) is 1.55. The molecular weight excluding hydrogens is 347 g/mol. The van der Waals surface area contributed by atoms with E-state index in [9.17, 15) is 14.0 Å². The van der Waals surface area contributed by atoms with E-state index in [4.69, 9.17) is 4.74 Å². The van der Waals surface area contributed by atoms with Crippen LogP contribution < -0.4 is 4.74 Å². The first-order valence-electron chi connectivity index (χ1n) is 9.90. The average molecular weight is 374 g/mol. The lowest BCUT2D eigenvalue weighted by Gasteiger charge is -2.39. The molecule has 27 heavy (non-hydrogen) atoms. The van der Waals surface area contributed by atoms with Crippen molar-refractivity contribution >= 4 is 11.8 Å². The molecule has 3 fully saturated rings. The van der Waals surface area contributed by atoms with E-state index in [1.165, 1.54) is 6.07 Å². The summed E-state index contributed by atoms with van der Waals surface area (Å²) in [5, 5.41) is 0. The first kappa shape index (κ1) is 18.3. The minimum atomic E-state index is -0.479. The number of likely N-dealkylation sites (tertiary alicyclic amines) is 2. The molecule has 1 spiro atoms. The Balaban J connectivity index is 1.45. The van der Waals surface area contributed by atoms with Gasteiger partial charge in [-0.05, 0) is 56.2 Å². The largest absolute Gasteiger partial charge is 0.497 e. The molecule has 1 aromatic rings. The number of halogens is 1. The third-order valence-corrected chi connectivity index (χ3v) is 6.31. The number of ether oxygens (including phenoxy) is 1. The summed E-state index contributed by atoms with van der Waals surface area (Å²) >= 11 is 0. The van der Waals surface area contributed by atoms with Crippen molar-refractivity contribution in [2.75, 3.05) is 26.7 Å². The Morgan fingerprint density at radius 1 is 1.30 bits per heavy atom. The number of hydrogen-bond donors (Lipinski definition) is 0. The van der Waals surface area contributed by atoms with Crippen LogP contribution in [0.1, 0.15) is 44.1 Å². The van der Waals surface area contributed by atoms with Gasteiger partial charge >= 0.3 is 0 Å². The molecular formula is C21H27FN2O3. The van der Waals surface area contributed by atoms with Crippen LogP contribution in [0, 0.1) is 17.2 Å². The first-order chi connectivity index (χ1) is 13.0. The summed E-state index contributed by atoms with van der Waals surface area (Å²) in [6.45, 7) is 2.07. The van der Waals surface area contributed by atoms with Crippen LogP contribution in [0.4, 0.5) is 4.39 Å². The maximum Gasteiger partial charge on any atom is 0.230 e. The van der Waals surface area contributed by atoms with Gasteiger partial charge in [-0.2, -0.15) is 0 Å². The van der Waals surface area contributed by atoms with Gasteiger partial charge in [0.1, 0.15) is 11.6 Å². The van der Waals surface area contributed by atoms with Gasteiger partial charge in [-0.3, -0.25) is 9.59 Å². The van der Waals surface area contributed by atoms with Gasteiger partial charge in [0, 0.05) is 38.2 Å². The van der Waals surface area contributed by atoms with E-state index >= 15 is 0 Å². The number of piperidine rings is 1. The highest BCUT2D eigenvalue weighted by atomic mass is 19.1. The zero-order chi connectivity index (χ0) is 19.0. The molecule has 1 aliphatic carbocycles. The first-order valence-corrected chi connectivity index (χ1v) is 9.90. The molecule has 3 aliphatic rings. The molecule has 5 nitrogen and oxygen atoms in total. The molecule has 0 bridgehead atoms. The Hall–Kier alpha value is -2.11. The maximum absolute atomic E-state index is 14.2. The van der Waals surface area contributed by atoms with Crippen molar-refractivity contribution in [1.82, 2.24) is 9.80 Å². The van der Waals surface area contributed by atoms with E-state index < -0.39 is 5.41 Å². The molecule has 0 N–H and O–H groups in total.